The first-order valence-corrected chi connectivity index (χ1v) is 9.11. The number of nitrogens with one attached hydrogen (secondary N) is 4. The predicted octanol–water partition coefficient (Wildman–Crippen LogP) is 3.59. The van der Waals surface area contributed by atoms with Crippen LogP contribution in [-0.4, -0.2) is 29.9 Å². The summed E-state index contributed by atoms with van der Waals surface area (Å²) in [6, 6.07) is 14.2. The molecule has 0 saturated heterocycles. The van der Waals surface area contributed by atoms with Crippen LogP contribution in [0.15, 0.2) is 54.9 Å². The number of fused-ring (bicyclic) bond motifs is 2. The van der Waals surface area contributed by atoms with E-state index in [-0.39, 0.29) is 5.82 Å². The highest BCUT2D eigenvalue weighted by molar-refractivity contribution is 5.83. The van der Waals surface area contributed by atoms with Gasteiger partial charge in [-0.15, -0.1) is 0 Å². The summed E-state index contributed by atoms with van der Waals surface area (Å²) >= 11 is 0. The Bertz CT molecular complexity index is 1240. The molecule has 0 amide bonds. The zero-order valence-corrected chi connectivity index (χ0v) is 15.3. The maximum atomic E-state index is 13.1. The third-order valence-corrected chi connectivity index (χ3v) is 4.51. The van der Waals surface area contributed by atoms with Crippen LogP contribution in [0.1, 0.15) is 11.4 Å². The third-order valence-electron chi connectivity index (χ3n) is 4.51. The number of aromatic nitrogens is 6. The quantitative estimate of drug-likeness (QED) is 0.354. The molecule has 3 heterocycles. The number of hydrogen-bond acceptors (Lipinski definition) is 6. The summed E-state index contributed by atoms with van der Waals surface area (Å²) < 4.78 is 13.1. The van der Waals surface area contributed by atoms with Crippen molar-refractivity contribution >= 4 is 34.0 Å². The van der Waals surface area contributed by atoms with Gasteiger partial charge in [-0.25, -0.2) is 14.4 Å². The van der Waals surface area contributed by atoms with Crippen molar-refractivity contribution < 1.29 is 4.39 Å². The monoisotopic (exact) mass is 388 g/mol. The normalized spacial score (nSPS) is 11.2. The molecular formula is C20H17FN8. The fourth-order valence-electron chi connectivity index (χ4n) is 3.08. The summed E-state index contributed by atoms with van der Waals surface area (Å²) in [5.41, 5.74) is 4.09. The summed E-state index contributed by atoms with van der Waals surface area (Å²) in [6.45, 7) is 0.941. The van der Waals surface area contributed by atoms with Crippen molar-refractivity contribution in [1.29, 1.82) is 0 Å². The van der Waals surface area contributed by atoms with Crippen molar-refractivity contribution in [2.45, 2.75) is 13.1 Å². The van der Waals surface area contributed by atoms with Gasteiger partial charge in [0, 0.05) is 6.54 Å². The fraction of sp³-hybridized carbons (Fsp3) is 0.100. The molecule has 0 aliphatic heterocycles. The Morgan fingerprint density at radius 1 is 0.897 bits per heavy atom. The Morgan fingerprint density at radius 2 is 1.76 bits per heavy atom. The van der Waals surface area contributed by atoms with Crippen molar-refractivity contribution in [2.75, 3.05) is 10.6 Å². The molecule has 0 aliphatic carbocycles. The minimum atomic E-state index is -0.264. The number of nitrogens with zero attached hydrogens (tertiary/aromatic N) is 4. The summed E-state index contributed by atoms with van der Waals surface area (Å²) in [5.74, 6) is 1.59. The summed E-state index contributed by atoms with van der Waals surface area (Å²) in [4.78, 5) is 24.1. The largest absolute Gasteiger partial charge is 0.361 e. The number of rotatable bonds is 6. The van der Waals surface area contributed by atoms with E-state index in [1.165, 1.54) is 12.1 Å². The topological polar surface area (TPSA) is 107 Å². The molecule has 0 bridgehead atoms. The van der Waals surface area contributed by atoms with Gasteiger partial charge in [0.2, 0.25) is 5.95 Å². The number of benzene rings is 2. The molecule has 4 N–H and O–H groups in total. The molecule has 144 valence electrons. The van der Waals surface area contributed by atoms with Gasteiger partial charge >= 0.3 is 0 Å². The number of halogens is 1. The van der Waals surface area contributed by atoms with Gasteiger partial charge in [-0.1, -0.05) is 24.3 Å². The van der Waals surface area contributed by atoms with Crippen LogP contribution in [0, 0.1) is 5.82 Å². The lowest BCUT2D eigenvalue weighted by molar-refractivity contribution is 0.627. The molecule has 0 unspecified atom stereocenters. The van der Waals surface area contributed by atoms with E-state index >= 15 is 0 Å². The Balaban J connectivity index is 1.36. The van der Waals surface area contributed by atoms with E-state index in [1.54, 1.807) is 18.5 Å². The van der Waals surface area contributed by atoms with Crippen LogP contribution in [-0.2, 0) is 13.1 Å². The zero-order valence-electron chi connectivity index (χ0n) is 15.3. The molecule has 3 aromatic heterocycles. The maximum absolute atomic E-state index is 13.1. The SMILES string of the molecule is Fc1ccc(CNc2nc(NCc3nc4ccccc4[nH]3)c3[nH]cnc3n2)cc1. The van der Waals surface area contributed by atoms with Crippen LogP contribution in [0.2, 0.25) is 0 Å². The first-order valence-electron chi connectivity index (χ1n) is 9.11. The van der Waals surface area contributed by atoms with Crippen molar-refractivity contribution in [2.24, 2.45) is 0 Å². The van der Waals surface area contributed by atoms with Gasteiger partial charge in [0.1, 0.15) is 17.2 Å². The molecule has 0 spiro atoms. The number of para-hydroxylation sites is 2. The van der Waals surface area contributed by atoms with Crippen LogP contribution in [0.3, 0.4) is 0 Å². The van der Waals surface area contributed by atoms with E-state index < -0.39 is 0 Å². The van der Waals surface area contributed by atoms with E-state index in [2.05, 4.69) is 40.5 Å². The Morgan fingerprint density at radius 3 is 2.62 bits per heavy atom. The fourth-order valence-corrected chi connectivity index (χ4v) is 3.08. The highest BCUT2D eigenvalue weighted by atomic mass is 19.1. The lowest BCUT2D eigenvalue weighted by Crippen LogP contribution is -2.08. The van der Waals surface area contributed by atoms with E-state index in [9.17, 15) is 4.39 Å². The Labute approximate surface area is 164 Å². The Kier molecular flexibility index (Phi) is 4.24. The van der Waals surface area contributed by atoms with Crippen molar-refractivity contribution in [3.63, 3.8) is 0 Å². The standard InChI is InChI=1S/C20H17FN8/c21-13-7-5-12(6-8-13)9-23-20-28-18(17-19(29-20)25-11-24-17)22-10-16-26-14-3-1-2-4-15(14)27-16/h1-8,11H,9-10H2,(H,26,27)(H3,22,23,24,25,28,29). The number of imidazole rings is 2. The summed E-state index contributed by atoms with van der Waals surface area (Å²) in [5, 5.41) is 6.45. The van der Waals surface area contributed by atoms with Gasteiger partial charge in [-0.2, -0.15) is 9.97 Å². The minimum absolute atomic E-state index is 0.264. The van der Waals surface area contributed by atoms with Crippen molar-refractivity contribution in [1.82, 2.24) is 29.9 Å². The molecule has 0 atom stereocenters. The molecule has 5 aromatic rings. The van der Waals surface area contributed by atoms with Crippen LogP contribution in [0.5, 0.6) is 0 Å². The van der Waals surface area contributed by atoms with Crippen LogP contribution >= 0.6 is 0 Å². The average Bonchev–Trinajstić information content (AvgIpc) is 3.38. The maximum Gasteiger partial charge on any atom is 0.227 e. The first kappa shape index (κ1) is 17.1. The second-order valence-corrected chi connectivity index (χ2v) is 6.53. The predicted molar refractivity (Wildman–Crippen MR) is 109 cm³/mol. The molecule has 0 aliphatic rings. The molecule has 29 heavy (non-hydrogen) atoms. The van der Waals surface area contributed by atoms with Crippen molar-refractivity contribution in [3.8, 4) is 0 Å². The van der Waals surface area contributed by atoms with E-state index in [1.807, 2.05) is 24.3 Å². The van der Waals surface area contributed by atoms with E-state index in [0.717, 1.165) is 22.4 Å². The second kappa shape index (κ2) is 7.19. The summed E-state index contributed by atoms with van der Waals surface area (Å²) in [7, 11) is 0. The molecular weight excluding hydrogens is 371 g/mol. The number of aromatic amines is 2. The highest BCUT2D eigenvalue weighted by Gasteiger charge is 2.11. The molecule has 9 heteroatoms. The van der Waals surface area contributed by atoms with E-state index in [4.69, 9.17) is 0 Å². The highest BCUT2D eigenvalue weighted by Crippen LogP contribution is 2.20. The smallest absolute Gasteiger partial charge is 0.227 e. The molecule has 0 saturated carbocycles. The van der Waals surface area contributed by atoms with Gasteiger partial charge in [-0.05, 0) is 29.8 Å². The van der Waals surface area contributed by atoms with Crippen LogP contribution in [0.25, 0.3) is 22.2 Å². The second-order valence-electron chi connectivity index (χ2n) is 6.53. The molecule has 8 nitrogen and oxygen atoms in total. The first-order chi connectivity index (χ1) is 14.2. The Hall–Kier alpha value is -4.01. The number of hydrogen-bond donors (Lipinski definition) is 4. The third kappa shape index (κ3) is 3.57. The van der Waals surface area contributed by atoms with Crippen LogP contribution in [0.4, 0.5) is 16.2 Å². The zero-order chi connectivity index (χ0) is 19.6. The minimum Gasteiger partial charge on any atom is -0.361 e. The van der Waals surface area contributed by atoms with Gasteiger partial charge in [0.15, 0.2) is 11.5 Å². The molecule has 2 aromatic carbocycles. The van der Waals surface area contributed by atoms with Crippen LogP contribution < -0.4 is 10.6 Å². The van der Waals surface area contributed by atoms with Crippen molar-refractivity contribution in [3.05, 3.63) is 72.1 Å². The molecule has 0 fully saturated rings. The summed E-state index contributed by atoms with van der Waals surface area (Å²) in [6.07, 6.45) is 1.58. The van der Waals surface area contributed by atoms with Gasteiger partial charge < -0.3 is 20.6 Å². The van der Waals surface area contributed by atoms with Gasteiger partial charge in [0.25, 0.3) is 0 Å². The van der Waals surface area contributed by atoms with Gasteiger partial charge in [-0.3, -0.25) is 0 Å². The van der Waals surface area contributed by atoms with Gasteiger partial charge in [0.05, 0.1) is 23.9 Å². The lowest BCUT2D eigenvalue weighted by atomic mass is 10.2. The average molecular weight is 388 g/mol. The number of anilines is 2. The molecule has 5 rings (SSSR count). The van der Waals surface area contributed by atoms with E-state index in [0.29, 0.717) is 36.0 Å². The number of H-pyrrole nitrogens is 2. The lowest BCUT2D eigenvalue weighted by Gasteiger charge is -2.09. The molecule has 0 radical (unpaired) electrons.